The van der Waals surface area contributed by atoms with Crippen molar-refractivity contribution in [2.75, 3.05) is 20.1 Å². The molecule has 0 bridgehead atoms. The van der Waals surface area contributed by atoms with Gasteiger partial charge in [-0.3, -0.25) is 9.59 Å². The zero-order valence-electron chi connectivity index (χ0n) is 19.2. The van der Waals surface area contributed by atoms with Gasteiger partial charge in [-0.2, -0.15) is 0 Å². The first-order chi connectivity index (χ1) is 16.2. The topological polar surface area (TPSA) is 40.6 Å². The quantitative estimate of drug-likeness (QED) is 0.418. The Balaban J connectivity index is 1.68. The summed E-state index contributed by atoms with van der Waals surface area (Å²) >= 11 is 0. The first kappa shape index (κ1) is 25.5. The number of hydrogen-bond acceptors (Lipinski definition) is 2. The van der Waals surface area contributed by atoms with Crippen molar-refractivity contribution in [2.45, 2.75) is 38.6 Å². The Hall–Kier alpha value is -3.16. The molecule has 0 aliphatic carbocycles. The van der Waals surface area contributed by atoms with Crippen LogP contribution in [0.4, 0.5) is 17.6 Å². The summed E-state index contributed by atoms with van der Waals surface area (Å²) in [5.41, 5.74) is 0.324. The van der Waals surface area contributed by atoms with Crippen LogP contribution in [0, 0.1) is 29.2 Å². The highest BCUT2D eigenvalue weighted by Crippen LogP contribution is 2.28. The summed E-state index contributed by atoms with van der Waals surface area (Å²) in [4.78, 5) is 28.2. The maximum absolute atomic E-state index is 14.3. The number of likely N-dealkylation sites (tertiary alicyclic amines) is 1. The number of benzene rings is 2. The maximum Gasteiger partial charge on any atom is 0.246 e. The van der Waals surface area contributed by atoms with Gasteiger partial charge >= 0.3 is 0 Å². The van der Waals surface area contributed by atoms with Crippen molar-refractivity contribution >= 4 is 17.9 Å². The molecule has 0 aromatic heterocycles. The molecule has 182 valence electrons. The van der Waals surface area contributed by atoms with Gasteiger partial charge in [-0.05, 0) is 61.1 Å². The lowest BCUT2D eigenvalue weighted by Crippen LogP contribution is -2.48. The molecule has 2 amide bonds. The summed E-state index contributed by atoms with van der Waals surface area (Å²) in [6, 6.07) is 6.16. The van der Waals surface area contributed by atoms with E-state index in [1.165, 1.54) is 24.3 Å². The van der Waals surface area contributed by atoms with Gasteiger partial charge in [0.2, 0.25) is 11.8 Å². The third kappa shape index (κ3) is 6.24. The first-order valence-electron chi connectivity index (χ1n) is 11.3. The fourth-order valence-electron chi connectivity index (χ4n) is 4.38. The van der Waals surface area contributed by atoms with Crippen LogP contribution in [0.15, 0.2) is 42.5 Å². The van der Waals surface area contributed by atoms with E-state index in [-0.39, 0.29) is 35.8 Å². The number of carbonyl (C=O) groups excluding carboxylic acids is 2. The second kappa shape index (κ2) is 11.3. The number of carbonyl (C=O) groups is 2. The Morgan fingerprint density at radius 1 is 1.03 bits per heavy atom. The second-order valence-electron chi connectivity index (χ2n) is 8.53. The molecule has 1 fully saturated rings. The number of amides is 2. The number of hydrogen-bond donors (Lipinski definition) is 0. The molecule has 8 heteroatoms. The lowest BCUT2D eigenvalue weighted by atomic mass is 9.84. The predicted octanol–water partition coefficient (Wildman–Crippen LogP) is 4.97. The zero-order chi connectivity index (χ0) is 24.8. The van der Waals surface area contributed by atoms with E-state index >= 15 is 0 Å². The molecule has 0 radical (unpaired) electrons. The van der Waals surface area contributed by atoms with E-state index in [9.17, 15) is 27.2 Å². The second-order valence-corrected chi connectivity index (χ2v) is 8.53. The molecule has 34 heavy (non-hydrogen) atoms. The lowest BCUT2D eigenvalue weighted by molar-refractivity contribution is -0.134. The minimum absolute atomic E-state index is 0.00988. The highest BCUT2D eigenvalue weighted by Gasteiger charge is 2.32. The highest BCUT2D eigenvalue weighted by molar-refractivity contribution is 5.91. The Labute approximate surface area is 196 Å². The molecular formula is C26H28F4N2O2. The van der Waals surface area contributed by atoms with E-state index in [4.69, 9.17) is 0 Å². The minimum Gasteiger partial charge on any atom is -0.342 e. The molecular weight excluding hydrogens is 448 g/mol. The van der Waals surface area contributed by atoms with E-state index in [1.54, 1.807) is 23.8 Å². The summed E-state index contributed by atoms with van der Waals surface area (Å²) in [5, 5.41) is 0. The SMILES string of the molecule is CCC(=O)N(C)C(Cc1ccc(F)cc1F)C1CCN(C(=O)/C=C/c2cc(F)ccc2F)CC1. The Kier molecular flexibility index (Phi) is 8.47. The van der Waals surface area contributed by atoms with Crippen molar-refractivity contribution in [3.05, 3.63) is 76.9 Å². The summed E-state index contributed by atoms with van der Waals surface area (Å²) < 4.78 is 54.7. The number of likely N-dealkylation sites (N-methyl/N-ethyl adjacent to an activating group) is 1. The molecule has 4 nitrogen and oxygen atoms in total. The van der Waals surface area contributed by atoms with Gasteiger partial charge in [-0.1, -0.05) is 13.0 Å². The van der Waals surface area contributed by atoms with Crippen LogP contribution < -0.4 is 0 Å². The first-order valence-corrected chi connectivity index (χ1v) is 11.3. The van der Waals surface area contributed by atoms with E-state index < -0.39 is 23.3 Å². The molecule has 0 saturated carbocycles. The molecule has 0 spiro atoms. The van der Waals surface area contributed by atoms with Crippen molar-refractivity contribution in [1.29, 1.82) is 0 Å². The van der Waals surface area contributed by atoms with E-state index in [0.29, 0.717) is 37.9 Å². The summed E-state index contributed by atoms with van der Waals surface area (Å²) in [6.45, 7) is 2.58. The van der Waals surface area contributed by atoms with Crippen molar-refractivity contribution in [3.63, 3.8) is 0 Å². The Bertz CT molecular complexity index is 1060. The van der Waals surface area contributed by atoms with Gasteiger partial charge < -0.3 is 9.80 Å². The molecule has 3 rings (SSSR count). The van der Waals surface area contributed by atoms with Crippen LogP contribution in [0.3, 0.4) is 0 Å². The summed E-state index contributed by atoms with van der Waals surface area (Å²) in [6.07, 6.45) is 4.19. The monoisotopic (exact) mass is 476 g/mol. The molecule has 0 N–H and O–H groups in total. The fraction of sp³-hybridized carbons (Fsp3) is 0.385. The van der Waals surface area contributed by atoms with Gasteiger partial charge in [0.1, 0.15) is 23.3 Å². The molecule has 1 saturated heterocycles. The molecule has 1 heterocycles. The van der Waals surface area contributed by atoms with Gasteiger partial charge in [-0.15, -0.1) is 0 Å². The van der Waals surface area contributed by atoms with Crippen molar-refractivity contribution in [3.8, 4) is 0 Å². The molecule has 1 aliphatic heterocycles. The van der Waals surface area contributed by atoms with Gasteiger partial charge in [0.05, 0.1) is 0 Å². The number of halogens is 4. The summed E-state index contributed by atoms with van der Waals surface area (Å²) in [5.74, 6) is -2.91. The van der Waals surface area contributed by atoms with Crippen LogP contribution in [0.2, 0.25) is 0 Å². The zero-order valence-corrected chi connectivity index (χ0v) is 19.2. The normalized spacial score (nSPS) is 15.5. The van der Waals surface area contributed by atoms with Crippen LogP contribution in [-0.4, -0.2) is 47.8 Å². The number of piperidine rings is 1. The van der Waals surface area contributed by atoms with Crippen LogP contribution in [-0.2, 0) is 16.0 Å². The standard InChI is InChI=1S/C26H28F4N2O2/c1-3-25(33)31(2)24(15-19-4-6-21(28)16-23(19)30)17-10-12-32(13-11-17)26(34)9-5-18-14-20(27)7-8-22(18)29/h4-9,14,16-17,24H,3,10-13,15H2,1-2H3/b9-5+. The Morgan fingerprint density at radius 3 is 2.32 bits per heavy atom. The van der Waals surface area contributed by atoms with Gasteiger partial charge in [0.25, 0.3) is 0 Å². The van der Waals surface area contributed by atoms with E-state index in [1.807, 2.05) is 0 Å². The number of rotatable bonds is 7. The molecule has 1 atom stereocenters. The third-order valence-corrected chi connectivity index (χ3v) is 6.40. The van der Waals surface area contributed by atoms with E-state index in [2.05, 4.69) is 0 Å². The number of nitrogens with zero attached hydrogens (tertiary/aromatic N) is 2. The largest absolute Gasteiger partial charge is 0.342 e. The summed E-state index contributed by atoms with van der Waals surface area (Å²) in [7, 11) is 1.69. The van der Waals surface area contributed by atoms with Gasteiger partial charge in [-0.25, -0.2) is 17.6 Å². The Morgan fingerprint density at radius 2 is 1.68 bits per heavy atom. The van der Waals surface area contributed by atoms with Crippen molar-refractivity contribution < 1.29 is 27.2 Å². The minimum atomic E-state index is -0.659. The van der Waals surface area contributed by atoms with Gasteiger partial charge in [0.15, 0.2) is 0 Å². The van der Waals surface area contributed by atoms with Crippen LogP contribution in [0.5, 0.6) is 0 Å². The van der Waals surface area contributed by atoms with E-state index in [0.717, 1.165) is 24.3 Å². The van der Waals surface area contributed by atoms with Gasteiger partial charge in [0, 0.05) is 50.3 Å². The molecule has 1 unspecified atom stereocenters. The van der Waals surface area contributed by atoms with Crippen LogP contribution in [0.1, 0.15) is 37.3 Å². The fourth-order valence-corrected chi connectivity index (χ4v) is 4.38. The third-order valence-electron chi connectivity index (χ3n) is 6.40. The molecule has 2 aromatic carbocycles. The van der Waals surface area contributed by atoms with Crippen LogP contribution in [0.25, 0.3) is 6.08 Å². The predicted molar refractivity (Wildman–Crippen MR) is 122 cm³/mol. The molecule has 2 aromatic rings. The average Bonchev–Trinajstić information content (AvgIpc) is 2.83. The smallest absolute Gasteiger partial charge is 0.246 e. The lowest BCUT2D eigenvalue weighted by Gasteiger charge is -2.40. The highest BCUT2D eigenvalue weighted by atomic mass is 19.1. The van der Waals surface area contributed by atoms with Crippen LogP contribution >= 0.6 is 0 Å². The maximum atomic E-state index is 14.3. The average molecular weight is 477 g/mol. The van der Waals surface area contributed by atoms with Crippen molar-refractivity contribution in [2.24, 2.45) is 5.92 Å². The van der Waals surface area contributed by atoms with Crippen molar-refractivity contribution in [1.82, 2.24) is 9.80 Å². The molecule has 1 aliphatic rings.